The molecular formula is C17H33N3O4. The molecule has 3 amide bonds. The van der Waals surface area contributed by atoms with Crippen LogP contribution in [0.25, 0.3) is 0 Å². The molecule has 0 aliphatic rings. The lowest BCUT2D eigenvalue weighted by atomic mass is 10.0. The number of carboxylic acids is 1. The highest BCUT2D eigenvalue weighted by atomic mass is 16.4. The number of unbranched alkanes of at least 4 members (excludes halogenated alkanes) is 1. The van der Waals surface area contributed by atoms with Crippen LogP contribution in [-0.2, 0) is 9.59 Å². The maximum Gasteiger partial charge on any atom is 0.326 e. The first-order valence-corrected chi connectivity index (χ1v) is 8.74. The molecule has 0 aromatic rings. The number of carbonyl (C=O) groups is 3. The molecule has 0 bridgehead atoms. The van der Waals surface area contributed by atoms with Crippen molar-refractivity contribution in [2.75, 3.05) is 6.54 Å². The first kappa shape index (κ1) is 22.2. The van der Waals surface area contributed by atoms with Crippen molar-refractivity contribution in [1.82, 2.24) is 16.0 Å². The van der Waals surface area contributed by atoms with Gasteiger partial charge in [0.1, 0.15) is 12.1 Å². The average Bonchev–Trinajstić information content (AvgIpc) is 2.45. The molecule has 0 fully saturated rings. The smallest absolute Gasteiger partial charge is 0.326 e. The maximum absolute atomic E-state index is 12.4. The molecule has 0 rings (SSSR count). The molecule has 0 heterocycles. The number of aliphatic carboxylic acids is 1. The lowest BCUT2D eigenvalue weighted by Gasteiger charge is -2.23. The highest BCUT2D eigenvalue weighted by Crippen LogP contribution is 2.08. The molecule has 4 N–H and O–H groups in total. The molecule has 0 saturated carbocycles. The summed E-state index contributed by atoms with van der Waals surface area (Å²) in [6, 6.07) is -2.10. The molecule has 0 radical (unpaired) electrons. The van der Waals surface area contributed by atoms with E-state index in [4.69, 9.17) is 0 Å². The number of hydrogen-bond donors (Lipinski definition) is 4. The number of carboxylic acid groups (broad SMARTS) is 1. The van der Waals surface area contributed by atoms with Crippen molar-refractivity contribution in [2.45, 2.75) is 72.4 Å². The Hall–Kier alpha value is -1.79. The highest BCUT2D eigenvalue weighted by Gasteiger charge is 2.27. The predicted molar refractivity (Wildman–Crippen MR) is 93.7 cm³/mol. The van der Waals surface area contributed by atoms with Crippen LogP contribution in [0.3, 0.4) is 0 Å². The second-order valence-electron chi connectivity index (χ2n) is 6.96. The molecule has 0 aliphatic carbocycles. The van der Waals surface area contributed by atoms with Crippen molar-refractivity contribution in [3.63, 3.8) is 0 Å². The van der Waals surface area contributed by atoms with E-state index in [1.807, 2.05) is 34.6 Å². The number of carbonyl (C=O) groups excluding carboxylic acids is 2. The van der Waals surface area contributed by atoms with E-state index in [0.29, 0.717) is 19.4 Å². The van der Waals surface area contributed by atoms with E-state index in [1.165, 1.54) is 0 Å². The molecule has 2 atom stereocenters. The zero-order valence-electron chi connectivity index (χ0n) is 15.5. The Kier molecular flexibility index (Phi) is 10.8. The van der Waals surface area contributed by atoms with Crippen LogP contribution in [0, 0.1) is 11.8 Å². The minimum absolute atomic E-state index is 0.139. The summed E-state index contributed by atoms with van der Waals surface area (Å²) in [5.41, 5.74) is 0. The highest BCUT2D eigenvalue weighted by molar-refractivity contribution is 5.90. The first-order chi connectivity index (χ1) is 11.2. The largest absolute Gasteiger partial charge is 0.480 e. The Morgan fingerprint density at radius 1 is 0.917 bits per heavy atom. The van der Waals surface area contributed by atoms with Crippen molar-refractivity contribution in [1.29, 1.82) is 0 Å². The molecule has 0 aromatic heterocycles. The number of urea groups is 1. The normalized spacial score (nSPS) is 13.5. The fourth-order valence-electron chi connectivity index (χ4n) is 2.26. The van der Waals surface area contributed by atoms with Gasteiger partial charge in [-0.15, -0.1) is 0 Å². The topological polar surface area (TPSA) is 108 Å². The summed E-state index contributed by atoms with van der Waals surface area (Å²) in [6.07, 6.45) is 2.62. The third kappa shape index (κ3) is 10.1. The van der Waals surface area contributed by atoms with Gasteiger partial charge in [0.2, 0.25) is 5.91 Å². The van der Waals surface area contributed by atoms with Gasteiger partial charge in [0, 0.05) is 6.54 Å². The number of hydrogen-bond acceptors (Lipinski definition) is 3. The third-order valence-corrected chi connectivity index (χ3v) is 3.47. The summed E-state index contributed by atoms with van der Waals surface area (Å²) in [6.45, 7) is 10.2. The van der Waals surface area contributed by atoms with Crippen LogP contribution >= 0.6 is 0 Å². The molecule has 0 spiro atoms. The summed E-state index contributed by atoms with van der Waals surface area (Å²) >= 11 is 0. The van der Waals surface area contributed by atoms with Gasteiger partial charge in [-0.2, -0.15) is 0 Å². The van der Waals surface area contributed by atoms with Gasteiger partial charge < -0.3 is 21.1 Å². The van der Waals surface area contributed by atoms with Gasteiger partial charge in [-0.05, 0) is 31.1 Å². The summed E-state index contributed by atoms with van der Waals surface area (Å²) in [5, 5.41) is 17.1. The molecule has 7 heteroatoms. The standard InChI is InChI=1S/C17H33N3O4/c1-6-7-8-18-17(24)20-13(9-11(2)3)15(21)19-14(16(22)23)10-12(4)5/h11-14H,6-10H2,1-5H3,(H,19,21)(H,22,23)(H2,18,20,24)/t13-,14-/m0/s1. The summed E-state index contributed by atoms with van der Waals surface area (Å²) in [5.74, 6) is -1.19. The molecule has 0 unspecified atom stereocenters. The summed E-state index contributed by atoms with van der Waals surface area (Å²) in [4.78, 5) is 35.6. The number of rotatable bonds is 11. The Morgan fingerprint density at radius 2 is 1.46 bits per heavy atom. The van der Waals surface area contributed by atoms with Gasteiger partial charge in [-0.25, -0.2) is 9.59 Å². The quantitative estimate of drug-likeness (QED) is 0.431. The Bertz CT molecular complexity index is 411. The molecular weight excluding hydrogens is 310 g/mol. The van der Waals surface area contributed by atoms with Crippen LogP contribution in [-0.4, -0.2) is 41.6 Å². The van der Waals surface area contributed by atoms with Crippen molar-refractivity contribution in [3.05, 3.63) is 0 Å². The van der Waals surface area contributed by atoms with Crippen molar-refractivity contribution >= 4 is 17.9 Å². The molecule has 24 heavy (non-hydrogen) atoms. The van der Waals surface area contributed by atoms with E-state index >= 15 is 0 Å². The molecule has 0 saturated heterocycles. The van der Waals surface area contributed by atoms with Gasteiger partial charge in [0.05, 0.1) is 0 Å². The Balaban J connectivity index is 4.79. The van der Waals surface area contributed by atoms with Crippen LogP contribution in [0.2, 0.25) is 0 Å². The van der Waals surface area contributed by atoms with Gasteiger partial charge in [-0.1, -0.05) is 41.0 Å². The zero-order chi connectivity index (χ0) is 18.7. The molecule has 7 nitrogen and oxygen atoms in total. The number of nitrogens with one attached hydrogen (secondary N) is 3. The van der Waals surface area contributed by atoms with Crippen LogP contribution in [0.1, 0.15) is 60.3 Å². The van der Waals surface area contributed by atoms with Gasteiger partial charge >= 0.3 is 12.0 Å². The van der Waals surface area contributed by atoms with Gasteiger partial charge in [0.15, 0.2) is 0 Å². The lowest BCUT2D eigenvalue weighted by molar-refractivity contribution is -0.142. The second kappa shape index (κ2) is 11.7. The van der Waals surface area contributed by atoms with E-state index in [9.17, 15) is 19.5 Å². The lowest BCUT2D eigenvalue weighted by Crippen LogP contribution is -2.54. The maximum atomic E-state index is 12.4. The van der Waals surface area contributed by atoms with Crippen molar-refractivity contribution < 1.29 is 19.5 Å². The fourth-order valence-corrected chi connectivity index (χ4v) is 2.26. The molecule has 0 aromatic carbocycles. The van der Waals surface area contributed by atoms with Crippen LogP contribution in [0.4, 0.5) is 4.79 Å². The molecule has 0 aliphatic heterocycles. The van der Waals surface area contributed by atoms with E-state index in [1.54, 1.807) is 0 Å². The van der Waals surface area contributed by atoms with Gasteiger partial charge in [-0.3, -0.25) is 4.79 Å². The zero-order valence-corrected chi connectivity index (χ0v) is 15.5. The van der Waals surface area contributed by atoms with Crippen LogP contribution in [0.5, 0.6) is 0 Å². The summed E-state index contributed by atoms with van der Waals surface area (Å²) in [7, 11) is 0. The van der Waals surface area contributed by atoms with Crippen molar-refractivity contribution in [2.24, 2.45) is 11.8 Å². The SMILES string of the molecule is CCCCNC(=O)N[C@@H](CC(C)C)C(=O)N[C@@H](CC(C)C)C(=O)O. The van der Waals surface area contributed by atoms with E-state index in [0.717, 1.165) is 12.8 Å². The van der Waals surface area contributed by atoms with Crippen molar-refractivity contribution in [3.8, 4) is 0 Å². The third-order valence-electron chi connectivity index (χ3n) is 3.47. The second-order valence-corrected chi connectivity index (χ2v) is 6.96. The van der Waals surface area contributed by atoms with Crippen LogP contribution < -0.4 is 16.0 Å². The van der Waals surface area contributed by atoms with E-state index in [2.05, 4.69) is 16.0 Å². The number of amides is 3. The Morgan fingerprint density at radius 3 is 1.92 bits per heavy atom. The predicted octanol–water partition coefficient (Wildman–Crippen LogP) is 2.12. The minimum atomic E-state index is -1.06. The van der Waals surface area contributed by atoms with Gasteiger partial charge in [0.25, 0.3) is 0 Å². The summed E-state index contributed by atoms with van der Waals surface area (Å²) < 4.78 is 0. The average molecular weight is 343 g/mol. The van der Waals surface area contributed by atoms with Crippen LogP contribution in [0.15, 0.2) is 0 Å². The Labute approximate surface area is 145 Å². The minimum Gasteiger partial charge on any atom is -0.480 e. The monoisotopic (exact) mass is 343 g/mol. The van der Waals surface area contributed by atoms with E-state index in [-0.39, 0.29) is 11.8 Å². The van der Waals surface area contributed by atoms with E-state index < -0.39 is 30.0 Å². The first-order valence-electron chi connectivity index (χ1n) is 8.74. The fraction of sp³-hybridized carbons (Fsp3) is 0.824. The molecule has 140 valence electrons.